The average molecular weight is 524 g/mol. The van der Waals surface area contributed by atoms with Gasteiger partial charge in [0.1, 0.15) is 23.0 Å². The number of aromatic nitrogens is 3. The molecule has 1 saturated carbocycles. The monoisotopic (exact) mass is 523 g/mol. The third kappa shape index (κ3) is 4.18. The van der Waals surface area contributed by atoms with E-state index in [1.807, 2.05) is 17.0 Å². The fourth-order valence-corrected chi connectivity index (χ4v) is 6.50. The summed E-state index contributed by atoms with van der Waals surface area (Å²) in [5.41, 5.74) is 1.69. The molecule has 5 heterocycles. The molecule has 3 fully saturated rings. The summed E-state index contributed by atoms with van der Waals surface area (Å²) in [5, 5.41) is 0. The van der Waals surface area contributed by atoms with Crippen molar-refractivity contribution in [3.8, 4) is 17.1 Å². The van der Waals surface area contributed by atoms with Gasteiger partial charge in [-0.15, -0.1) is 0 Å². The van der Waals surface area contributed by atoms with Crippen LogP contribution in [0.5, 0.6) is 5.75 Å². The first-order valence-corrected chi connectivity index (χ1v) is 13.7. The summed E-state index contributed by atoms with van der Waals surface area (Å²) in [6.07, 6.45) is 6.44. The number of rotatable bonds is 3. The van der Waals surface area contributed by atoms with Crippen molar-refractivity contribution in [2.45, 2.75) is 69.4 Å². The Morgan fingerprint density at radius 3 is 2.55 bits per heavy atom. The summed E-state index contributed by atoms with van der Waals surface area (Å²) in [5.74, 6) is 2.43. The van der Waals surface area contributed by atoms with Gasteiger partial charge in [-0.2, -0.15) is 0 Å². The largest absolute Gasteiger partial charge is 0.478 e. The van der Waals surface area contributed by atoms with Crippen molar-refractivity contribution in [2.24, 2.45) is 13.0 Å². The van der Waals surface area contributed by atoms with Gasteiger partial charge in [-0.25, -0.2) is 14.6 Å². The van der Waals surface area contributed by atoms with Crippen LogP contribution in [0, 0.1) is 5.92 Å². The van der Waals surface area contributed by atoms with Gasteiger partial charge in [0.2, 0.25) is 0 Å². The molecule has 204 valence electrons. The van der Waals surface area contributed by atoms with Crippen LogP contribution in [0.2, 0.25) is 0 Å². The topological polar surface area (TPSA) is 99.0 Å². The quantitative estimate of drug-likeness (QED) is 0.587. The molecule has 1 spiro atoms. The Morgan fingerprint density at radius 2 is 1.87 bits per heavy atom. The number of nitrogens with zero attached hydrogens (tertiary/aromatic N) is 5. The first-order valence-electron chi connectivity index (χ1n) is 13.7. The minimum Gasteiger partial charge on any atom is -0.478 e. The van der Waals surface area contributed by atoms with Crippen molar-refractivity contribution in [2.75, 3.05) is 33.4 Å². The molecule has 38 heavy (non-hydrogen) atoms. The van der Waals surface area contributed by atoms with Crippen molar-refractivity contribution >= 4 is 12.2 Å². The van der Waals surface area contributed by atoms with Gasteiger partial charge in [-0.05, 0) is 57.6 Å². The van der Waals surface area contributed by atoms with Crippen molar-refractivity contribution in [3.63, 3.8) is 0 Å². The number of carbonyl (C=O) groups is 2. The zero-order chi connectivity index (χ0) is 26.7. The van der Waals surface area contributed by atoms with Gasteiger partial charge in [-0.3, -0.25) is 4.98 Å². The molecular formula is C28H37N5O5. The van der Waals surface area contributed by atoms with Gasteiger partial charge in [0.25, 0.3) is 0 Å². The Bertz CT molecular complexity index is 1240. The lowest BCUT2D eigenvalue weighted by molar-refractivity contribution is -0.0115. The summed E-state index contributed by atoms with van der Waals surface area (Å²) in [4.78, 5) is 38.5. The number of imidazole rings is 1. The third-order valence-corrected chi connectivity index (χ3v) is 8.77. The molecule has 4 aliphatic rings. The highest BCUT2D eigenvalue weighted by Crippen LogP contribution is 2.50. The van der Waals surface area contributed by atoms with Crippen LogP contribution in [0.3, 0.4) is 0 Å². The summed E-state index contributed by atoms with van der Waals surface area (Å²) in [6, 6.07) is 3.84. The van der Waals surface area contributed by atoms with Crippen molar-refractivity contribution in [1.82, 2.24) is 24.3 Å². The summed E-state index contributed by atoms with van der Waals surface area (Å²) in [6.45, 7) is 6.41. The fraction of sp³-hybridized carbons (Fsp3) is 0.643. The van der Waals surface area contributed by atoms with Crippen LogP contribution in [0.15, 0.2) is 18.3 Å². The smallest absolute Gasteiger partial charge is 0.409 e. The zero-order valence-electron chi connectivity index (χ0n) is 22.7. The fourth-order valence-electron chi connectivity index (χ4n) is 6.50. The third-order valence-electron chi connectivity index (χ3n) is 8.77. The van der Waals surface area contributed by atoms with Gasteiger partial charge in [0, 0.05) is 57.2 Å². The molecule has 3 aliphatic heterocycles. The second-order valence-electron chi connectivity index (χ2n) is 11.8. The molecule has 10 heteroatoms. The minimum atomic E-state index is -0.596. The number of fused-ring (bicyclic) bond motifs is 4. The molecule has 2 aromatic heterocycles. The molecule has 1 aliphatic carbocycles. The number of piperidine rings is 2. The number of amides is 2. The lowest BCUT2D eigenvalue weighted by atomic mass is 9.82. The Kier molecular flexibility index (Phi) is 6.03. The summed E-state index contributed by atoms with van der Waals surface area (Å²) >= 11 is 0. The molecule has 2 aromatic rings. The maximum atomic E-state index is 12.7. The second kappa shape index (κ2) is 9.17. The average Bonchev–Trinajstić information content (AvgIpc) is 3.67. The van der Waals surface area contributed by atoms with E-state index in [1.54, 1.807) is 11.1 Å². The lowest BCUT2D eigenvalue weighted by Crippen LogP contribution is -2.52. The molecule has 0 unspecified atom stereocenters. The van der Waals surface area contributed by atoms with Crippen molar-refractivity contribution in [3.05, 3.63) is 29.8 Å². The van der Waals surface area contributed by atoms with Gasteiger partial charge >= 0.3 is 12.2 Å². The Hall–Kier alpha value is -3.30. The standard InChI is InChI=1S/C28H37N5O5/c1-27(2)16-19(9-13-33(27)26(35)36-4)24-30-22-21-20(6-5-12-29-21)38-28(23(22)31(24)3)10-14-32(15-11-28)25(34)37-17-18-7-8-18/h5-6,12,18-19H,7-11,13-17H2,1-4H3/t19-/m1/s1. The number of ether oxygens (including phenoxy) is 3. The van der Waals surface area contributed by atoms with Gasteiger partial charge in [0.05, 0.1) is 19.4 Å². The van der Waals surface area contributed by atoms with Crippen LogP contribution >= 0.6 is 0 Å². The molecule has 0 bridgehead atoms. The molecule has 0 aromatic carbocycles. The summed E-state index contributed by atoms with van der Waals surface area (Å²) < 4.78 is 19.5. The molecule has 2 amide bonds. The predicted molar refractivity (Wildman–Crippen MR) is 139 cm³/mol. The van der Waals surface area contributed by atoms with Crippen LogP contribution < -0.4 is 4.74 Å². The first kappa shape index (κ1) is 25.0. The SMILES string of the molecule is COC(=O)N1CC[C@@H](c2nc3c(n2C)C2(CCN(C(=O)OCC4CC4)CC2)Oc2cccnc2-3)CC1(C)C. The normalized spacial score (nSPS) is 23.3. The second-order valence-corrected chi connectivity index (χ2v) is 11.8. The van der Waals surface area contributed by atoms with Crippen LogP contribution in [0.4, 0.5) is 9.59 Å². The highest BCUT2D eigenvalue weighted by Gasteiger charge is 2.49. The molecule has 1 atom stereocenters. The van der Waals surface area contributed by atoms with E-state index in [9.17, 15) is 9.59 Å². The molecular weight excluding hydrogens is 486 g/mol. The number of hydrogen-bond acceptors (Lipinski definition) is 7. The number of methoxy groups -OCH3 is 1. The van der Waals surface area contributed by atoms with Gasteiger partial charge < -0.3 is 28.6 Å². The summed E-state index contributed by atoms with van der Waals surface area (Å²) in [7, 11) is 3.50. The van der Waals surface area contributed by atoms with Crippen LogP contribution in [-0.4, -0.2) is 75.4 Å². The zero-order valence-corrected chi connectivity index (χ0v) is 22.7. The maximum Gasteiger partial charge on any atom is 0.409 e. The first-order chi connectivity index (χ1) is 18.2. The molecule has 0 radical (unpaired) electrons. The Balaban J connectivity index is 1.30. The lowest BCUT2D eigenvalue weighted by Gasteiger charge is -2.45. The van der Waals surface area contributed by atoms with E-state index in [0.29, 0.717) is 45.0 Å². The number of hydrogen-bond donors (Lipinski definition) is 0. The Labute approximate surface area is 223 Å². The van der Waals surface area contributed by atoms with E-state index in [-0.39, 0.29) is 23.6 Å². The van der Waals surface area contributed by atoms with Crippen LogP contribution in [0.25, 0.3) is 11.4 Å². The maximum absolute atomic E-state index is 12.7. The van der Waals surface area contributed by atoms with Crippen molar-refractivity contribution in [1.29, 1.82) is 0 Å². The van der Waals surface area contributed by atoms with Crippen LogP contribution in [0.1, 0.15) is 69.8 Å². The van der Waals surface area contributed by atoms with Gasteiger partial charge in [0.15, 0.2) is 5.60 Å². The highest BCUT2D eigenvalue weighted by atomic mass is 16.6. The minimum absolute atomic E-state index is 0.170. The molecule has 0 N–H and O–H groups in total. The predicted octanol–water partition coefficient (Wildman–Crippen LogP) is 4.44. The van der Waals surface area contributed by atoms with E-state index < -0.39 is 5.60 Å². The van der Waals surface area contributed by atoms with E-state index in [2.05, 4.69) is 30.4 Å². The van der Waals surface area contributed by atoms with E-state index in [4.69, 9.17) is 19.2 Å². The number of likely N-dealkylation sites (tertiary alicyclic amines) is 2. The number of carbonyl (C=O) groups excluding carboxylic acids is 2. The Morgan fingerprint density at radius 1 is 1.11 bits per heavy atom. The molecule has 2 saturated heterocycles. The van der Waals surface area contributed by atoms with Crippen LogP contribution in [-0.2, 0) is 22.1 Å². The molecule has 6 rings (SSSR count). The number of pyridine rings is 1. The van der Waals surface area contributed by atoms with E-state index in [1.165, 1.54) is 7.11 Å². The molecule has 10 nitrogen and oxygen atoms in total. The van der Waals surface area contributed by atoms with Crippen molar-refractivity contribution < 1.29 is 23.8 Å². The highest BCUT2D eigenvalue weighted by molar-refractivity contribution is 5.71. The van der Waals surface area contributed by atoms with E-state index >= 15 is 0 Å². The van der Waals surface area contributed by atoms with Gasteiger partial charge in [-0.1, -0.05) is 0 Å². The van der Waals surface area contributed by atoms with E-state index in [0.717, 1.165) is 54.3 Å².